The predicted molar refractivity (Wildman–Crippen MR) is 111 cm³/mol. The van der Waals surface area contributed by atoms with E-state index in [4.69, 9.17) is 4.98 Å². The second-order valence-electron chi connectivity index (χ2n) is 7.38. The van der Waals surface area contributed by atoms with Gasteiger partial charge >= 0.3 is 0 Å². The summed E-state index contributed by atoms with van der Waals surface area (Å²) in [6.45, 7) is 18.9. The van der Waals surface area contributed by atoms with Crippen molar-refractivity contribution in [3.63, 3.8) is 0 Å². The maximum Gasteiger partial charge on any atom is 0.0741 e. The first kappa shape index (κ1) is 19.7. The third-order valence-corrected chi connectivity index (χ3v) is 5.27. The van der Waals surface area contributed by atoms with Crippen LogP contribution >= 0.6 is 0 Å². The average Bonchev–Trinajstić information content (AvgIpc) is 2.55. The van der Waals surface area contributed by atoms with Gasteiger partial charge in [0.2, 0.25) is 0 Å². The van der Waals surface area contributed by atoms with Crippen LogP contribution in [0.2, 0.25) is 0 Å². The number of aromatic nitrogens is 1. The number of aryl methyl sites for hydroxylation is 4. The summed E-state index contributed by atoms with van der Waals surface area (Å²) in [7, 11) is 0. The quantitative estimate of drug-likeness (QED) is 0.697. The topological polar surface area (TPSA) is 28.2 Å². The van der Waals surface area contributed by atoms with Gasteiger partial charge < -0.3 is 10.2 Å². The van der Waals surface area contributed by atoms with E-state index in [-0.39, 0.29) is 0 Å². The molecular weight excluding hydrogens is 306 g/mol. The standard InChI is InChI=1S/C22H35N3/c1-8-25(9-2)12-10-11-17(5)23-20-14-16(4)22-21(19(20)7)15(3)13-18(6)24-22/h13-14,17,23H,8-12H2,1-7H3/t17-/m0/s1. The lowest BCUT2D eigenvalue weighted by atomic mass is 9.98. The molecule has 138 valence electrons. The molecule has 1 heterocycles. The molecule has 0 aliphatic carbocycles. The Morgan fingerprint density at radius 2 is 1.72 bits per heavy atom. The number of nitrogens with one attached hydrogen (secondary N) is 1. The first-order valence-corrected chi connectivity index (χ1v) is 9.74. The lowest BCUT2D eigenvalue weighted by Gasteiger charge is -2.22. The lowest BCUT2D eigenvalue weighted by Crippen LogP contribution is -2.25. The number of anilines is 1. The number of hydrogen-bond donors (Lipinski definition) is 1. The summed E-state index contributed by atoms with van der Waals surface area (Å²) in [6, 6.07) is 4.93. The van der Waals surface area contributed by atoms with Crippen molar-refractivity contribution in [2.24, 2.45) is 0 Å². The van der Waals surface area contributed by atoms with Crippen molar-refractivity contribution in [3.8, 4) is 0 Å². The summed E-state index contributed by atoms with van der Waals surface area (Å²) < 4.78 is 0. The van der Waals surface area contributed by atoms with E-state index in [1.54, 1.807) is 0 Å². The third kappa shape index (κ3) is 4.72. The molecule has 2 rings (SSSR count). The molecule has 0 amide bonds. The number of nitrogens with zero attached hydrogens (tertiary/aromatic N) is 2. The van der Waals surface area contributed by atoms with Gasteiger partial charge in [-0.2, -0.15) is 0 Å². The Morgan fingerprint density at radius 1 is 1.04 bits per heavy atom. The molecule has 1 aromatic carbocycles. The van der Waals surface area contributed by atoms with E-state index < -0.39 is 0 Å². The van der Waals surface area contributed by atoms with Gasteiger partial charge in [0.1, 0.15) is 0 Å². The summed E-state index contributed by atoms with van der Waals surface area (Å²) >= 11 is 0. The van der Waals surface area contributed by atoms with Crippen LogP contribution in [-0.4, -0.2) is 35.6 Å². The van der Waals surface area contributed by atoms with E-state index in [2.05, 4.69) is 70.8 Å². The molecule has 0 saturated heterocycles. The maximum atomic E-state index is 4.77. The molecule has 3 heteroatoms. The van der Waals surface area contributed by atoms with Crippen molar-refractivity contribution >= 4 is 16.6 Å². The minimum absolute atomic E-state index is 0.477. The third-order valence-electron chi connectivity index (χ3n) is 5.27. The van der Waals surface area contributed by atoms with Crippen molar-refractivity contribution in [3.05, 3.63) is 34.5 Å². The molecule has 0 fully saturated rings. The van der Waals surface area contributed by atoms with E-state index in [9.17, 15) is 0 Å². The fourth-order valence-electron chi connectivity index (χ4n) is 3.77. The number of fused-ring (bicyclic) bond motifs is 1. The van der Waals surface area contributed by atoms with Crippen LogP contribution in [0.3, 0.4) is 0 Å². The van der Waals surface area contributed by atoms with Gasteiger partial charge in [-0.05, 0) is 95.9 Å². The van der Waals surface area contributed by atoms with E-state index in [1.165, 1.54) is 47.2 Å². The molecule has 1 atom stereocenters. The Morgan fingerprint density at radius 3 is 2.36 bits per heavy atom. The van der Waals surface area contributed by atoms with Crippen LogP contribution in [0.1, 0.15) is 56.0 Å². The normalized spacial score (nSPS) is 12.8. The highest BCUT2D eigenvalue weighted by Crippen LogP contribution is 2.31. The van der Waals surface area contributed by atoms with Crippen LogP contribution in [-0.2, 0) is 0 Å². The van der Waals surface area contributed by atoms with Gasteiger partial charge in [-0.15, -0.1) is 0 Å². The molecule has 0 radical (unpaired) electrons. The Kier molecular flexibility index (Phi) is 6.83. The van der Waals surface area contributed by atoms with E-state index in [0.717, 1.165) is 24.3 Å². The zero-order valence-corrected chi connectivity index (χ0v) is 17.2. The van der Waals surface area contributed by atoms with Crippen LogP contribution in [0.25, 0.3) is 10.9 Å². The highest BCUT2D eigenvalue weighted by atomic mass is 15.1. The first-order valence-electron chi connectivity index (χ1n) is 9.74. The van der Waals surface area contributed by atoms with Gasteiger partial charge in [0, 0.05) is 22.8 Å². The fourth-order valence-corrected chi connectivity index (χ4v) is 3.77. The number of pyridine rings is 1. The SMILES string of the molecule is CCN(CC)CCC[C@H](C)Nc1cc(C)c2nc(C)cc(C)c2c1C. The second-order valence-corrected chi connectivity index (χ2v) is 7.38. The van der Waals surface area contributed by atoms with Gasteiger partial charge in [0.05, 0.1) is 5.52 Å². The monoisotopic (exact) mass is 341 g/mol. The summed E-state index contributed by atoms with van der Waals surface area (Å²) in [4.78, 5) is 7.27. The lowest BCUT2D eigenvalue weighted by molar-refractivity contribution is 0.295. The molecule has 1 aromatic heterocycles. The Hall–Kier alpha value is -1.61. The number of hydrogen-bond acceptors (Lipinski definition) is 3. The summed E-state index contributed by atoms with van der Waals surface area (Å²) in [5, 5.41) is 5.06. The smallest absolute Gasteiger partial charge is 0.0741 e. The van der Waals surface area contributed by atoms with Gasteiger partial charge in [-0.1, -0.05) is 13.8 Å². The Bertz CT molecular complexity index is 717. The summed E-state index contributed by atoms with van der Waals surface area (Å²) in [6.07, 6.45) is 2.43. The molecule has 0 bridgehead atoms. The number of rotatable bonds is 8. The molecular formula is C22H35N3. The van der Waals surface area contributed by atoms with Crippen LogP contribution in [0.15, 0.2) is 12.1 Å². The van der Waals surface area contributed by atoms with Crippen LogP contribution in [0.5, 0.6) is 0 Å². The highest BCUT2D eigenvalue weighted by Gasteiger charge is 2.13. The highest BCUT2D eigenvalue weighted by molar-refractivity contribution is 5.92. The molecule has 2 aromatic rings. The van der Waals surface area contributed by atoms with Gasteiger partial charge in [-0.25, -0.2) is 0 Å². The molecule has 3 nitrogen and oxygen atoms in total. The molecule has 0 saturated carbocycles. The minimum atomic E-state index is 0.477. The van der Waals surface area contributed by atoms with Gasteiger partial charge in [0.15, 0.2) is 0 Å². The first-order chi connectivity index (χ1) is 11.9. The fraction of sp³-hybridized carbons (Fsp3) is 0.591. The maximum absolute atomic E-state index is 4.77. The summed E-state index contributed by atoms with van der Waals surface area (Å²) in [5.74, 6) is 0. The van der Waals surface area contributed by atoms with Crippen LogP contribution < -0.4 is 5.32 Å². The van der Waals surface area contributed by atoms with Crippen LogP contribution in [0, 0.1) is 27.7 Å². The van der Waals surface area contributed by atoms with Crippen molar-refractivity contribution in [2.75, 3.05) is 25.0 Å². The zero-order valence-electron chi connectivity index (χ0n) is 17.2. The van der Waals surface area contributed by atoms with E-state index >= 15 is 0 Å². The van der Waals surface area contributed by atoms with Crippen molar-refractivity contribution in [1.82, 2.24) is 9.88 Å². The van der Waals surface area contributed by atoms with Gasteiger partial charge in [-0.3, -0.25) is 4.98 Å². The van der Waals surface area contributed by atoms with E-state index in [0.29, 0.717) is 6.04 Å². The number of benzene rings is 1. The van der Waals surface area contributed by atoms with Crippen molar-refractivity contribution in [1.29, 1.82) is 0 Å². The summed E-state index contributed by atoms with van der Waals surface area (Å²) in [5.41, 5.74) is 7.40. The second kappa shape index (κ2) is 8.66. The molecule has 1 N–H and O–H groups in total. The molecule has 0 aliphatic heterocycles. The molecule has 0 unspecified atom stereocenters. The predicted octanol–water partition coefficient (Wildman–Crippen LogP) is 5.39. The van der Waals surface area contributed by atoms with Crippen molar-refractivity contribution < 1.29 is 0 Å². The molecule has 25 heavy (non-hydrogen) atoms. The van der Waals surface area contributed by atoms with Gasteiger partial charge in [0.25, 0.3) is 0 Å². The molecule has 0 spiro atoms. The molecule has 0 aliphatic rings. The van der Waals surface area contributed by atoms with Crippen molar-refractivity contribution in [2.45, 2.75) is 67.3 Å². The largest absolute Gasteiger partial charge is 0.382 e. The van der Waals surface area contributed by atoms with Crippen LogP contribution in [0.4, 0.5) is 5.69 Å². The Balaban J connectivity index is 2.14. The van der Waals surface area contributed by atoms with E-state index in [1.807, 2.05) is 0 Å². The minimum Gasteiger partial charge on any atom is -0.382 e. The average molecular weight is 342 g/mol. The zero-order chi connectivity index (χ0) is 18.6. The Labute approximate surface area is 153 Å².